The number of hydrogen-bond acceptors (Lipinski definition) is 7. The standard InChI is InChI=1S/C21H14Cl3N5O4S/c1-11-8-9-25-21(26-11)28-34(32,33)14-5-3-13(4-6-14)27-18-17(24)19(30)29(20(18)31)16-7-2-12(22)10-15(16)23/h2-10,27H,1H3,(H,25,26,28). The SMILES string of the molecule is Cc1ccnc(NS(=O)(=O)c2ccc(NC3=C(Cl)C(=O)N(c4ccc(Cl)cc4Cl)C3=O)cc2)n1. The highest BCUT2D eigenvalue weighted by molar-refractivity contribution is 7.92. The Balaban J connectivity index is 1.54. The lowest BCUT2D eigenvalue weighted by Gasteiger charge is -2.16. The van der Waals surface area contributed by atoms with Crippen LogP contribution in [0.3, 0.4) is 0 Å². The Morgan fingerprint density at radius 2 is 1.65 bits per heavy atom. The molecule has 1 aliphatic heterocycles. The molecule has 3 aromatic rings. The van der Waals surface area contributed by atoms with Gasteiger partial charge in [-0.2, -0.15) is 0 Å². The number of sulfonamides is 1. The zero-order valence-corrected chi connectivity index (χ0v) is 20.3. The van der Waals surface area contributed by atoms with E-state index in [0.29, 0.717) is 16.4 Å². The van der Waals surface area contributed by atoms with Gasteiger partial charge in [-0.25, -0.2) is 28.0 Å². The predicted molar refractivity (Wildman–Crippen MR) is 129 cm³/mol. The van der Waals surface area contributed by atoms with Gasteiger partial charge >= 0.3 is 0 Å². The first kappa shape index (κ1) is 24.0. The van der Waals surface area contributed by atoms with E-state index in [1.165, 1.54) is 48.7 Å². The molecule has 174 valence electrons. The van der Waals surface area contributed by atoms with Gasteiger partial charge in [-0.3, -0.25) is 9.59 Å². The molecule has 2 amide bonds. The van der Waals surface area contributed by atoms with Crippen molar-refractivity contribution in [3.63, 3.8) is 0 Å². The number of hydrogen-bond donors (Lipinski definition) is 2. The predicted octanol–water partition coefficient (Wildman–Crippen LogP) is 4.33. The molecule has 1 aliphatic rings. The molecule has 0 atom stereocenters. The maximum absolute atomic E-state index is 12.9. The van der Waals surface area contributed by atoms with Crippen LogP contribution >= 0.6 is 34.8 Å². The monoisotopic (exact) mass is 537 g/mol. The van der Waals surface area contributed by atoms with E-state index >= 15 is 0 Å². The summed E-state index contributed by atoms with van der Waals surface area (Å²) in [6.45, 7) is 1.71. The second-order valence-electron chi connectivity index (χ2n) is 7.01. The van der Waals surface area contributed by atoms with Crippen molar-refractivity contribution >= 4 is 74.0 Å². The van der Waals surface area contributed by atoms with Gasteiger partial charge in [0.05, 0.1) is 15.6 Å². The molecule has 0 aliphatic carbocycles. The van der Waals surface area contributed by atoms with E-state index in [-0.39, 0.29) is 32.3 Å². The van der Waals surface area contributed by atoms with Crippen molar-refractivity contribution < 1.29 is 18.0 Å². The lowest BCUT2D eigenvalue weighted by Crippen LogP contribution is -2.32. The Hall–Kier alpha value is -3.18. The van der Waals surface area contributed by atoms with Crippen molar-refractivity contribution in [2.75, 3.05) is 14.9 Å². The molecule has 1 aromatic heterocycles. The average molecular weight is 539 g/mol. The lowest BCUT2D eigenvalue weighted by atomic mass is 10.3. The number of carbonyl (C=O) groups is 2. The van der Waals surface area contributed by atoms with Crippen molar-refractivity contribution in [3.8, 4) is 0 Å². The molecule has 0 bridgehead atoms. The fourth-order valence-corrected chi connectivity index (χ4v) is 4.69. The van der Waals surface area contributed by atoms with Crippen LogP contribution in [0, 0.1) is 6.92 Å². The molecule has 4 rings (SSSR count). The highest BCUT2D eigenvalue weighted by Gasteiger charge is 2.39. The molecule has 0 saturated carbocycles. The number of nitrogens with zero attached hydrogens (tertiary/aromatic N) is 3. The first-order chi connectivity index (χ1) is 16.1. The Morgan fingerprint density at radius 3 is 2.29 bits per heavy atom. The summed E-state index contributed by atoms with van der Waals surface area (Å²) >= 11 is 18.1. The molecule has 13 heteroatoms. The molecular weight excluding hydrogens is 525 g/mol. The van der Waals surface area contributed by atoms with Gasteiger partial charge in [-0.15, -0.1) is 0 Å². The molecular formula is C21H14Cl3N5O4S. The van der Waals surface area contributed by atoms with Crippen LogP contribution in [0.2, 0.25) is 10.0 Å². The topological polar surface area (TPSA) is 121 Å². The van der Waals surface area contributed by atoms with Gasteiger partial charge in [0, 0.05) is 22.6 Å². The number of aromatic nitrogens is 2. The maximum Gasteiger partial charge on any atom is 0.283 e. The molecule has 2 aromatic carbocycles. The molecule has 0 saturated heterocycles. The van der Waals surface area contributed by atoms with E-state index in [1.54, 1.807) is 13.0 Å². The molecule has 0 spiro atoms. The third kappa shape index (κ3) is 4.71. The smallest absolute Gasteiger partial charge is 0.283 e. The number of halogens is 3. The van der Waals surface area contributed by atoms with E-state index in [2.05, 4.69) is 20.0 Å². The van der Waals surface area contributed by atoms with Gasteiger partial charge in [0.15, 0.2) is 0 Å². The summed E-state index contributed by atoms with van der Waals surface area (Å²) < 4.78 is 27.5. The number of aryl methyl sites for hydroxylation is 1. The summed E-state index contributed by atoms with van der Waals surface area (Å²) in [6, 6.07) is 11.4. The summed E-state index contributed by atoms with van der Waals surface area (Å²) in [5.74, 6) is -1.55. The highest BCUT2D eigenvalue weighted by Crippen LogP contribution is 2.35. The van der Waals surface area contributed by atoms with Gasteiger partial charge in [0.1, 0.15) is 10.7 Å². The lowest BCUT2D eigenvalue weighted by molar-refractivity contribution is -0.120. The summed E-state index contributed by atoms with van der Waals surface area (Å²) in [5, 5.41) is 2.86. The second kappa shape index (κ2) is 9.22. The number of rotatable bonds is 6. The van der Waals surface area contributed by atoms with Crippen LogP contribution in [0.4, 0.5) is 17.3 Å². The van der Waals surface area contributed by atoms with Gasteiger partial charge < -0.3 is 5.32 Å². The summed E-state index contributed by atoms with van der Waals surface area (Å²) in [5.41, 5.74) is 0.868. The highest BCUT2D eigenvalue weighted by atomic mass is 35.5. The van der Waals surface area contributed by atoms with Gasteiger partial charge in [0.25, 0.3) is 21.8 Å². The van der Waals surface area contributed by atoms with Crippen LogP contribution in [-0.2, 0) is 19.6 Å². The van der Waals surface area contributed by atoms with Crippen LogP contribution in [0.15, 0.2) is 70.4 Å². The minimum atomic E-state index is -3.95. The van der Waals surface area contributed by atoms with Crippen LogP contribution in [-0.4, -0.2) is 30.2 Å². The van der Waals surface area contributed by atoms with E-state index in [9.17, 15) is 18.0 Å². The Bertz CT molecular complexity index is 1460. The number of imide groups is 1. The van der Waals surface area contributed by atoms with E-state index in [4.69, 9.17) is 34.8 Å². The van der Waals surface area contributed by atoms with Crippen molar-refractivity contribution in [1.82, 2.24) is 9.97 Å². The fraction of sp³-hybridized carbons (Fsp3) is 0.0476. The Kier molecular flexibility index (Phi) is 6.50. The van der Waals surface area contributed by atoms with Crippen LogP contribution in [0.1, 0.15) is 5.69 Å². The molecule has 2 N–H and O–H groups in total. The van der Waals surface area contributed by atoms with E-state index in [1.807, 2.05) is 0 Å². The maximum atomic E-state index is 12.9. The summed E-state index contributed by atoms with van der Waals surface area (Å²) in [6.07, 6.45) is 1.44. The van der Waals surface area contributed by atoms with Gasteiger partial charge in [0.2, 0.25) is 5.95 Å². The number of amides is 2. The molecule has 0 radical (unpaired) electrons. The third-order valence-electron chi connectivity index (χ3n) is 4.63. The number of nitrogens with one attached hydrogen (secondary N) is 2. The zero-order chi connectivity index (χ0) is 24.6. The van der Waals surface area contributed by atoms with Gasteiger partial charge in [-0.1, -0.05) is 34.8 Å². The Morgan fingerprint density at radius 1 is 0.941 bits per heavy atom. The van der Waals surface area contributed by atoms with Crippen molar-refractivity contribution in [1.29, 1.82) is 0 Å². The number of benzene rings is 2. The fourth-order valence-electron chi connectivity index (χ4n) is 3.03. The summed E-state index contributed by atoms with van der Waals surface area (Å²) in [7, 11) is -3.95. The molecule has 2 heterocycles. The third-order valence-corrected chi connectivity index (χ3v) is 6.86. The molecule has 0 unspecified atom stereocenters. The van der Waals surface area contributed by atoms with E-state index in [0.717, 1.165) is 4.90 Å². The van der Waals surface area contributed by atoms with Crippen LogP contribution < -0.4 is 14.9 Å². The summed E-state index contributed by atoms with van der Waals surface area (Å²) in [4.78, 5) is 34.2. The van der Waals surface area contributed by atoms with Crippen molar-refractivity contribution in [2.45, 2.75) is 11.8 Å². The largest absolute Gasteiger partial charge is 0.350 e. The molecule has 34 heavy (non-hydrogen) atoms. The first-order valence-corrected chi connectivity index (χ1v) is 12.1. The van der Waals surface area contributed by atoms with Crippen molar-refractivity contribution in [2.24, 2.45) is 0 Å². The minimum absolute atomic E-state index is 0.0600. The van der Waals surface area contributed by atoms with Crippen LogP contribution in [0.25, 0.3) is 0 Å². The molecule has 9 nitrogen and oxygen atoms in total. The average Bonchev–Trinajstić information content (AvgIpc) is 2.97. The molecule has 0 fully saturated rings. The number of anilines is 3. The first-order valence-electron chi connectivity index (χ1n) is 9.50. The number of carbonyl (C=O) groups excluding carboxylic acids is 2. The van der Waals surface area contributed by atoms with Crippen molar-refractivity contribution in [3.05, 3.63) is 81.2 Å². The van der Waals surface area contributed by atoms with Crippen LogP contribution in [0.5, 0.6) is 0 Å². The second-order valence-corrected chi connectivity index (χ2v) is 9.91. The van der Waals surface area contributed by atoms with E-state index < -0.39 is 21.8 Å². The minimum Gasteiger partial charge on any atom is -0.350 e. The Labute approximate surface area is 209 Å². The normalized spacial score (nSPS) is 14.1. The quantitative estimate of drug-likeness (QED) is 0.448. The zero-order valence-electron chi connectivity index (χ0n) is 17.2. The van der Waals surface area contributed by atoms with Gasteiger partial charge in [-0.05, 0) is 55.5 Å².